The zero-order valence-corrected chi connectivity index (χ0v) is 13.9. The predicted molar refractivity (Wildman–Crippen MR) is 87.3 cm³/mol. The number of carbonyl (C=O) groups is 1. The molecule has 5 nitrogen and oxygen atoms in total. The standard InChI is InChI=1S/C17H26N2O3/c1-17(21-4,13-5-6-13)16(20)18-14-7-9-15(10-8-14)22-12-11-19(2)3/h7-10,13H,5-6,11-12H2,1-4H3,(H,18,20). The van der Waals surface area contributed by atoms with Crippen LogP contribution in [0.15, 0.2) is 24.3 Å². The molecule has 0 radical (unpaired) electrons. The van der Waals surface area contributed by atoms with E-state index in [1.165, 1.54) is 0 Å². The van der Waals surface area contributed by atoms with Gasteiger partial charge in [-0.2, -0.15) is 0 Å². The highest BCUT2D eigenvalue weighted by atomic mass is 16.5. The van der Waals surface area contributed by atoms with E-state index in [-0.39, 0.29) is 5.91 Å². The summed E-state index contributed by atoms with van der Waals surface area (Å²) < 4.78 is 11.1. The van der Waals surface area contributed by atoms with Gasteiger partial charge in [0.1, 0.15) is 18.0 Å². The fourth-order valence-electron chi connectivity index (χ4n) is 2.31. The highest BCUT2D eigenvalue weighted by molar-refractivity contribution is 5.97. The largest absolute Gasteiger partial charge is 0.492 e. The van der Waals surface area contributed by atoms with Crippen LogP contribution in [0.5, 0.6) is 5.75 Å². The van der Waals surface area contributed by atoms with Gasteiger partial charge < -0.3 is 19.7 Å². The van der Waals surface area contributed by atoms with E-state index in [0.717, 1.165) is 30.8 Å². The molecule has 1 fully saturated rings. The van der Waals surface area contributed by atoms with E-state index in [9.17, 15) is 4.79 Å². The lowest BCUT2D eigenvalue weighted by Crippen LogP contribution is -2.44. The fourth-order valence-corrected chi connectivity index (χ4v) is 2.31. The summed E-state index contributed by atoms with van der Waals surface area (Å²) in [7, 11) is 5.61. The molecule has 122 valence electrons. The van der Waals surface area contributed by atoms with Crippen molar-refractivity contribution in [3.63, 3.8) is 0 Å². The number of hydrogen-bond donors (Lipinski definition) is 1. The van der Waals surface area contributed by atoms with Gasteiger partial charge in [0.25, 0.3) is 5.91 Å². The minimum atomic E-state index is -0.735. The third kappa shape index (κ3) is 4.21. The van der Waals surface area contributed by atoms with Gasteiger partial charge in [0.05, 0.1) is 0 Å². The number of anilines is 1. The second kappa shape index (κ2) is 7.11. The normalized spacial score (nSPS) is 17.1. The molecule has 1 aliphatic rings. The highest BCUT2D eigenvalue weighted by Crippen LogP contribution is 2.42. The molecule has 1 amide bonds. The molecule has 1 N–H and O–H groups in total. The van der Waals surface area contributed by atoms with Gasteiger partial charge in [0.2, 0.25) is 0 Å². The molecule has 2 rings (SSSR count). The average molecular weight is 306 g/mol. The number of carbonyl (C=O) groups excluding carboxylic acids is 1. The molecular weight excluding hydrogens is 280 g/mol. The minimum absolute atomic E-state index is 0.0845. The van der Waals surface area contributed by atoms with E-state index < -0.39 is 5.60 Å². The van der Waals surface area contributed by atoms with Gasteiger partial charge in [-0.3, -0.25) is 4.79 Å². The summed E-state index contributed by atoms with van der Waals surface area (Å²) in [5, 5.41) is 2.93. The number of methoxy groups -OCH3 is 1. The monoisotopic (exact) mass is 306 g/mol. The molecule has 1 unspecified atom stereocenters. The van der Waals surface area contributed by atoms with E-state index in [0.29, 0.717) is 12.5 Å². The quantitative estimate of drug-likeness (QED) is 0.801. The van der Waals surface area contributed by atoms with Crippen LogP contribution in [0.2, 0.25) is 0 Å². The maximum absolute atomic E-state index is 12.4. The Bertz CT molecular complexity index is 497. The molecule has 0 saturated heterocycles. The Hall–Kier alpha value is -1.59. The summed E-state index contributed by atoms with van der Waals surface area (Å²) in [5.41, 5.74) is 0.0230. The van der Waals surface area contributed by atoms with Crippen molar-refractivity contribution in [2.45, 2.75) is 25.4 Å². The first-order valence-corrected chi connectivity index (χ1v) is 7.70. The van der Waals surface area contributed by atoms with Crippen molar-refractivity contribution in [2.24, 2.45) is 5.92 Å². The SMILES string of the molecule is COC(C)(C(=O)Nc1ccc(OCCN(C)C)cc1)C1CC1. The summed E-state index contributed by atoms with van der Waals surface area (Å²) in [4.78, 5) is 14.5. The highest BCUT2D eigenvalue weighted by Gasteiger charge is 2.47. The van der Waals surface area contributed by atoms with Crippen molar-refractivity contribution in [1.29, 1.82) is 0 Å². The van der Waals surface area contributed by atoms with Crippen molar-refractivity contribution >= 4 is 11.6 Å². The zero-order chi connectivity index (χ0) is 16.2. The molecule has 5 heteroatoms. The number of nitrogens with one attached hydrogen (secondary N) is 1. The van der Waals surface area contributed by atoms with Crippen LogP contribution in [0.4, 0.5) is 5.69 Å². The summed E-state index contributed by atoms with van der Waals surface area (Å²) in [5.74, 6) is 1.04. The van der Waals surface area contributed by atoms with E-state index in [4.69, 9.17) is 9.47 Å². The second-order valence-corrected chi connectivity index (χ2v) is 6.22. The number of benzene rings is 1. The van der Waals surface area contributed by atoms with E-state index in [1.807, 2.05) is 45.3 Å². The zero-order valence-electron chi connectivity index (χ0n) is 13.9. The van der Waals surface area contributed by atoms with Gasteiger partial charge in [-0.15, -0.1) is 0 Å². The number of ether oxygens (including phenoxy) is 2. The first-order chi connectivity index (χ1) is 10.5. The van der Waals surface area contributed by atoms with Gasteiger partial charge in [0.15, 0.2) is 0 Å². The maximum Gasteiger partial charge on any atom is 0.256 e. The van der Waals surface area contributed by atoms with Crippen LogP contribution < -0.4 is 10.1 Å². The Morgan fingerprint density at radius 1 is 1.32 bits per heavy atom. The molecule has 22 heavy (non-hydrogen) atoms. The number of likely N-dealkylation sites (N-methyl/N-ethyl adjacent to an activating group) is 1. The first-order valence-electron chi connectivity index (χ1n) is 7.70. The lowest BCUT2D eigenvalue weighted by molar-refractivity contribution is -0.138. The fraction of sp³-hybridized carbons (Fsp3) is 0.588. The lowest BCUT2D eigenvalue weighted by Gasteiger charge is -2.26. The van der Waals surface area contributed by atoms with Crippen LogP contribution in [0.25, 0.3) is 0 Å². The van der Waals surface area contributed by atoms with Crippen molar-refractivity contribution in [3.8, 4) is 5.75 Å². The molecule has 0 spiro atoms. The Balaban J connectivity index is 1.89. The third-order valence-corrected chi connectivity index (χ3v) is 4.15. The minimum Gasteiger partial charge on any atom is -0.492 e. The molecule has 0 aromatic heterocycles. The molecule has 1 aliphatic carbocycles. The van der Waals surface area contributed by atoms with Gasteiger partial charge in [0, 0.05) is 19.3 Å². The summed E-state index contributed by atoms with van der Waals surface area (Å²) >= 11 is 0. The van der Waals surface area contributed by atoms with E-state index >= 15 is 0 Å². The van der Waals surface area contributed by atoms with Crippen LogP contribution >= 0.6 is 0 Å². The summed E-state index contributed by atoms with van der Waals surface area (Å²) in [6, 6.07) is 7.44. The van der Waals surface area contributed by atoms with Gasteiger partial charge in [-0.25, -0.2) is 0 Å². The molecule has 1 aromatic rings. The molecule has 0 bridgehead atoms. The number of nitrogens with zero attached hydrogens (tertiary/aromatic N) is 1. The van der Waals surface area contributed by atoms with Crippen molar-refractivity contribution in [3.05, 3.63) is 24.3 Å². The van der Waals surface area contributed by atoms with Crippen LogP contribution in [-0.2, 0) is 9.53 Å². The second-order valence-electron chi connectivity index (χ2n) is 6.22. The number of hydrogen-bond acceptors (Lipinski definition) is 4. The van der Waals surface area contributed by atoms with Crippen molar-refractivity contribution < 1.29 is 14.3 Å². The molecular formula is C17H26N2O3. The van der Waals surface area contributed by atoms with Crippen molar-refractivity contribution in [2.75, 3.05) is 39.7 Å². The van der Waals surface area contributed by atoms with Crippen LogP contribution in [-0.4, -0.2) is 50.8 Å². The Labute approximate surface area is 132 Å². The van der Waals surface area contributed by atoms with E-state index in [2.05, 4.69) is 10.2 Å². The van der Waals surface area contributed by atoms with Gasteiger partial charge in [-0.1, -0.05) is 0 Å². The van der Waals surface area contributed by atoms with Gasteiger partial charge >= 0.3 is 0 Å². The summed E-state index contributed by atoms with van der Waals surface area (Å²) in [6.45, 7) is 3.37. The third-order valence-electron chi connectivity index (χ3n) is 4.15. The van der Waals surface area contributed by atoms with Crippen LogP contribution in [0.1, 0.15) is 19.8 Å². The molecule has 1 aromatic carbocycles. The Morgan fingerprint density at radius 3 is 2.45 bits per heavy atom. The molecule has 1 atom stereocenters. The smallest absolute Gasteiger partial charge is 0.256 e. The topological polar surface area (TPSA) is 50.8 Å². The number of rotatable bonds is 8. The summed E-state index contributed by atoms with van der Waals surface area (Å²) in [6.07, 6.45) is 2.10. The maximum atomic E-state index is 12.4. The van der Waals surface area contributed by atoms with Gasteiger partial charge in [-0.05, 0) is 64.0 Å². The predicted octanol–water partition coefficient (Wildman–Crippen LogP) is 2.38. The average Bonchev–Trinajstić information content (AvgIpc) is 3.33. The lowest BCUT2D eigenvalue weighted by atomic mass is 9.99. The molecule has 1 saturated carbocycles. The van der Waals surface area contributed by atoms with Crippen LogP contribution in [0, 0.1) is 5.92 Å². The van der Waals surface area contributed by atoms with Crippen molar-refractivity contribution in [1.82, 2.24) is 4.90 Å². The van der Waals surface area contributed by atoms with E-state index in [1.54, 1.807) is 7.11 Å². The first kappa shape index (κ1) is 16.8. The molecule has 0 heterocycles. The Morgan fingerprint density at radius 2 is 1.95 bits per heavy atom. The molecule has 0 aliphatic heterocycles. The van der Waals surface area contributed by atoms with Crippen LogP contribution in [0.3, 0.4) is 0 Å². The Kier molecular flexibility index (Phi) is 5.42. The number of amides is 1.